The highest BCUT2D eigenvalue weighted by Gasteiger charge is 2.30. The SMILES string of the molecule is CCn1cc(C(C)(O)c2ccccc2OC)cn1. The summed E-state index contributed by atoms with van der Waals surface area (Å²) in [5.74, 6) is 0.673. The van der Waals surface area contributed by atoms with Gasteiger partial charge in [-0.3, -0.25) is 4.68 Å². The predicted molar refractivity (Wildman–Crippen MR) is 69.6 cm³/mol. The van der Waals surface area contributed by atoms with Gasteiger partial charge in [0.25, 0.3) is 0 Å². The fraction of sp³-hybridized carbons (Fsp3) is 0.357. The van der Waals surface area contributed by atoms with Crippen molar-refractivity contribution < 1.29 is 9.84 Å². The van der Waals surface area contributed by atoms with E-state index in [0.717, 1.165) is 17.7 Å². The standard InChI is InChI=1S/C14H18N2O2/c1-4-16-10-11(9-15-16)14(2,17)12-7-5-6-8-13(12)18-3/h5-10,17H,4H2,1-3H3. The third kappa shape index (κ3) is 2.11. The van der Waals surface area contributed by atoms with Crippen LogP contribution in [0.15, 0.2) is 36.7 Å². The van der Waals surface area contributed by atoms with Gasteiger partial charge < -0.3 is 9.84 Å². The largest absolute Gasteiger partial charge is 0.496 e. The molecule has 2 rings (SSSR count). The van der Waals surface area contributed by atoms with E-state index in [9.17, 15) is 5.11 Å². The van der Waals surface area contributed by atoms with Crippen LogP contribution >= 0.6 is 0 Å². The maximum absolute atomic E-state index is 10.7. The lowest BCUT2D eigenvalue weighted by molar-refractivity contribution is 0.0988. The molecule has 1 aromatic heterocycles. The summed E-state index contributed by atoms with van der Waals surface area (Å²) < 4.78 is 7.09. The Bertz CT molecular complexity index is 532. The highest BCUT2D eigenvalue weighted by atomic mass is 16.5. The summed E-state index contributed by atoms with van der Waals surface area (Å²) in [5.41, 5.74) is 0.386. The van der Waals surface area contributed by atoms with Crippen LogP contribution in [0.1, 0.15) is 25.0 Å². The molecule has 1 heterocycles. The molecule has 0 aliphatic rings. The first-order chi connectivity index (χ1) is 8.59. The zero-order valence-electron chi connectivity index (χ0n) is 10.9. The van der Waals surface area contributed by atoms with Crippen molar-refractivity contribution >= 4 is 0 Å². The second kappa shape index (κ2) is 4.82. The van der Waals surface area contributed by atoms with Crippen LogP contribution in [0.3, 0.4) is 0 Å². The molecule has 1 N–H and O–H groups in total. The lowest BCUT2D eigenvalue weighted by atomic mass is 9.90. The molecular weight excluding hydrogens is 228 g/mol. The molecule has 1 unspecified atom stereocenters. The summed E-state index contributed by atoms with van der Waals surface area (Å²) in [4.78, 5) is 0. The zero-order valence-corrected chi connectivity index (χ0v) is 10.9. The molecule has 0 bridgehead atoms. The second-order valence-electron chi connectivity index (χ2n) is 4.36. The van der Waals surface area contributed by atoms with E-state index in [1.165, 1.54) is 0 Å². The zero-order chi connectivity index (χ0) is 13.2. The Kier molecular flexibility index (Phi) is 3.39. The van der Waals surface area contributed by atoms with Gasteiger partial charge in [0.2, 0.25) is 0 Å². The molecule has 96 valence electrons. The Hall–Kier alpha value is -1.81. The van der Waals surface area contributed by atoms with Gasteiger partial charge in [0.15, 0.2) is 0 Å². The average molecular weight is 246 g/mol. The lowest BCUT2D eigenvalue weighted by Crippen LogP contribution is -2.23. The van der Waals surface area contributed by atoms with Crippen molar-refractivity contribution in [2.75, 3.05) is 7.11 Å². The van der Waals surface area contributed by atoms with E-state index in [-0.39, 0.29) is 0 Å². The second-order valence-corrected chi connectivity index (χ2v) is 4.36. The molecule has 0 saturated carbocycles. The van der Waals surface area contributed by atoms with Gasteiger partial charge in [0.1, 0.15) is 11.4 Å². The van der Waals surface area contributed by atoms with Gasteiger partial charge >= 0.3 is 0 Å². The number of aryl methyl sites for hydroxylation is 1. The van der Waals surface area contributed by atoms with Gasteiger partial charge in [-0.2, -0.15) is 5.10 Å². The summed E-state index contributed by atoms with van der Waals surface area (Å²) in [5, 5.41) is 14.9. The van der Waals surface area contributed by atoms with Crippen molar-refractivity contribution in [3.63, 3.8) is 0 Å². The molecule has 4 nitrogen and oxygen atoms in total. The van der Waals surface area contributed by atoms with Crippen LogP contribution in [0.4, 0.5) is 0 Å². The number of aliphatic hydroxyl groups is 1. The van der Waals surface area contributed by atoms with Crippen LogP contribution in [0.2, 0.25) is 0 Å². The van der Waals surface area contributed by atoms with Crippen molar-refractivity contribution in [3.05, 3.63) is 47.8 Å². The van der Waals surface area contributed by atoms with Gasteiger partial charge in [-0.05, 0) is 19.9 Å². The number of hydrogen-bond donors (Lipinski definition) is 1. The highest BCUT2D eigenvalue weighted by Crippen LogP contribution is 2.34. The molecule has 0 amide bonds. The highest BCUT2D eigenvalue weighted by molar-refractivity contribution is 5.43. The number of para-hydroxylation sites is 1. The van der Waals surface area contributed by atoms with Gasteiger partial charge in [-0.25, -0.2) is 0 Å². The number of rotatable bonds is 4. The first kappa shape index (κ1) is 12.6. The molecular formula is C14H18N2O2. The van der Waals surface area contributed by atoms with Crippen molar-refractivity contribution in [1.29, 1.82) is 0 Å². The monoisotopic (exact) mass is 246 g/mol. The third-order valence-electron chi connectivity index (χ3n) is 3.15. The third-order valence-corrected chi connectivity index (χ3v) is 3.15. The summed E-state index contributed by atoms with van der Waals surface area (Å²) in [6.45, 7) is 4.54. The molecule has 0 aliphatic carbocycles. The van der Waals surface area contributed by atoms with Crippen molar-refractivity contribution in [1.82, 2.24) is 9.78 Å². The summed E-state index contributed by atoms with van der Waals surface area (Å²) >= 11 is 0. The predicted octanol–water partition coefficient (Wildman–Crippen LogP) is 2.17. The fourth-order valence-electron chi connectivity index (χ4n) is 1.99. The van der Waals surface area contributed by atoms with E-state index in [2.05, 4.69) is 5.10 Å². The van der Waals surface area contributed by atoms with E-state index in [1.807, 2.05) is 37.4 Å². The lowest BCUT2D eigenvalue weighted by Gasteiger charge is -2.24. The van der Waals surface area contributed by atoms with Crippen LogP contribution in [0.5, 0.6) is 5.75 Å². The Morgan fingerprint density at radius 3 is 2.72 bits per heavy atom. The Labute approximate surface area is 107 Å². The number of nitrogens with zero attached hydrogens (tertiary/aromatic N) is 2. The minimum Gasteiger partial charge on any atom is -0.496 e. The van der Waals surface area contributed by atoms with Crippen molar-refractivity contribution in [2.45, 2.75) is 26.0 Å². The Balaban J connectivity index is 2.46. The molecule has 18 heavy (non-hydrogen) atoms. The molecule has 0 aliphatic heterocycles. The first-order valence-electron chi connectivity index (χ1n) is 5.98. The fourth-order valence-corrected chi connectivity index (χ4v) is 1.99. The van der Waals surface area contributed by atoms with Crippen LogP contribution in [0, 0.1) is 0 Å². The molecule has 0 saturated heterocycles. The smallest absolute Gasteiger partial charge is 0.125 e. The number of benzene rings is 1. The average Bonchev–Trinajstić information content (AvgIpc) is 2.88. The van der Waals surface area contributed by atoms with E-state index >= 15 is 0 Å². The molecule has 0 spiro atoms. The van der Waals surface area contributed by atoms with Crippen LogP contribution in [0.25, 0.3) is 0 Å². The minimum atomic E-state index is -1.11. The minimum absolute atomic E-state index is 0.673. The number of ether oxygens (including phenoxy) is 1. The molecule has 1 aromatic carbocycles. The molecule has 0 radical (unpaired) electrons. The van der Waals surface area contributed by atoms with Gasteiger partial charge in [-0.15, -0.1) is 0 Å². The van der Waals surface area contributed by atoms with E-state index in [1.54, 1.807) is 24.9 Å². The van der Waals surface area contributed by atoms with Crippen LogP contribution in [-0.2, 0) is 12.1 Å². The van der Waals surface area contributed by atoms with Crippen LogP contribution in [-0.4, -0.2) is 22.0 Å². The van der Waals surface area contributed by atoms with Gasteiger partial charge in [-0.1, -0.05) is 18.2 Å². The van der Waals surface area contributed by atoms with E-state index in [0.29, 0.717) is 5.75 Å². The molecule has 0 fully saturated rings. The molecule has 4 heteroatoms. The van der Waals surface area contributed by atoms with Crippen LogP contribution < -0.4 is 4.74 Å². The van der Waals surface area contributed by atoms with Crippen molar-refractivity contribution in [3.8, 4) is 5.75 Å². The number of methoxy groups -OCH3 is 1. The maximum atomic E-state index is 10.7. The van der Waals surface area contributed by atoms with Gasteiger partial charge in [0.05, 0.1) is 13.3 Å². The van der Waals surface area contributed by atoms with E-state index in [4.69, 9.17) is 4.74 Å². The summed E-state index contributed by atoms with van der Waals surface area (Å²) in [6.07, 6.45) is 3.54. The molecule has 1 atom stereocenters. The first-order valence-corrected chi connectivity index (χ1v) is 5.98. The summed E-state index contributed by atoms with van der Waals surface area (Å²) in [6, 6.07) is 7.47. The van der Waals surface area contributed by atoms with Gasteiger partial charge in [0, 0.05) is 23.9 Å². The summed E-state index contributed by atoms with van der Waals surface area (Å²) in [7, 11) is 1.60. The quantitative estimate of drug-likeness (QED) is 0.899. The topological polar surface area (TPSA) is 47.3 Å². The number of hydrogen-bond acceptors (Lipinski definition) is 3. The number of aromatic nitrogens is 2. The van der Waals surface area contributed by atoms with Crippen molar-refractivity contribution in [2.24, 2.45) is 0 Å². The van der Waals surface area contributed by atoms with E-state index < -0.39 is 5.60 Å². The molecule has 2 aromatic rings. The Morgan fingerprint density at radius 2 is 2.11 bits per heavy atom. The Morgan fingerprint density at radius 1 is 1.39 bits per heavy atom. The normalized spacial score (nSPS) is 14.2. The maximum Gasteiger partial charge on any atom is 0.125 e.